The molecule has 2 amide bonds. The van der Waals surface area contributed by atoms with Gasteiger partial charge in [0.15, 0.2) is 11.4 Å². The minimum Gasteiger partial charge on any atom is -0.323 e. The predicted octanol–water partition coefficient (Wildman–Crippen LogP) is 1.00. The minimum absolute atomic E-state index is 0.180. The Labute approximate surface area is 128 Å². The van der Waals surface area contributed by atoms with Crippen LogP contribution in [0.15, 0.2) is 48.8 Å². The Hall–Kier alpha value is -2.44. The Kier molecular flexibility index (Phi) is 3.79. The summed E-state index contributed by atoms with van der Waals surface area (Å²) in [6, 6.07) is 10.0. The van der Waals surface area contributed by atoms with Gasteiger partial charge in [0.05, 0.1) is 12.6 Å². The molecule has 1 aliphatic rings. The highest BCUT2D eigenvalue weighted by Gasteiger charge is 2.51. The van der Waals surface area contributed by atoms with E-state index in [0.29, 0.717) is 13.0 Å². The van der Waals surface area contributed by atoms with Crippen molar-refractivity contribution in [1.82, 2.24) is 9.97 Å². The van der Waals surface area contributed by atoms with E-state index in [1.165, 1.54) is 0 Å². The second-order valence-electron chi connectivity index (χ2n) is 5.46. The molecule has 6 heteroatoms. The topological polar surface area (TPSA) is 85.9 Å². The Bertz CT molecular complexity index is 636. The molecule has 1 saturated heterocycles. The Morgan fingerprint density at radius 1 is 1.00 bits per heavy atom. The summed E-state index contributed by atoms with van der Waals surface area (Å²) in [5, 5.41) is 0. The summed E-state index contributed by atoms with van der Waals surface area (Å²) in [6.07, 6.45) is 3.72. The fraction of sp³-hybridized carbons (Fsp3) is 0.250. The van der Waals surface area contributed by atoms with E-state index < -0.39 is 0 Å². The number of carbonyl (C=O) groups excluding carboxylic acids is 2. The van der Waals surface area contributed by atoms with E-state index in [4.69, 9.17) is 5.73 Å². The third-order valence-corrected chi connectivity index (χ3v) is 3.97. The lowest BCUT2D eigenvalue weighted by atomic mass is 10.2. The normalized spacial score (nSPS) is 19.8. The number of pyridine rings is 2. The lowest BCUT2D eigenvalue weighted by Crippen LogP contribution is -2.56. The van der Waals surface area contributed by atoms with Crippen LogP contribution in [0.1, 0.15) is 27.4 Å². The zero-order valence-electron chi connectivity index (χ0n) is 12.1. The van der Waals surface area contributed by atoms with Crippen molar-refractivity contribution in [3.05, 3.63) is 60.2 Å². The Morgan fingerprint density at radius 2 is 1.55 bits per heavy atom. The molecule has 1 atom stereocenters. The van der Waals surface area contributed by atoms with Gasteiger partial charge in [-0.2, -0.15) is 4.48 Å². The van der Waals surface area contributed by atoms with Gasteiger partial charge in [0.25, 0.3) is 0 Å². The third kappa shape index (κ3) is 2.43. The molecule has 0 aliphatic carbocycles. The number of carbonyl (C=O) groups is 2. The molecule has 0 spiro atoms. The molecule has 22 heavy (non-hydrogen) atoms. The molecular formula is C16H17N4O2+. The summed E-state index contributed by atoms with van der Waals surface area (Å²) in [4.78, 5) is 34.1. The number of nitrogens with zero attached hydrogens (tertiary/aromatic N) is 3. The summed E-state index contributed by atoms with van der Waals surface area (Å²) >= 11 is 0. The molecule has 1 aliphatic heterocycles. The largest absolute Gasteiger partial charge is 0.372 e. The molecule has 0 saturated carbocycles. The highest BCUT2D eigenvalue weighted by Crippen LogP contribution is 2.25. The molecule has 2 aromatic rings. The van der Waals surface area contributed by atoms with Crippen molar-refractivity contribution in [3.63, 3.8) is 0 Å². The van der Waals surface area contributed by atoms with Gasteiger partial charge in [-0.05, 0) is 24.3 Å². The number of likely N-dealkylation sites (tertiary alicyclic amines) is 1. The van der Waals surface area contributed by atoms with Crippen LogP contribution >= 0.6 is 0 Å². The standard InChI is InChI=1S/C16H17N4O2/c17-12-7-10-20(11-12,15(21)13-5-1-3-8-18-13)16(22)14-6-2-4-9-19-14/h1-6,8-9,12H,7,10-11,17H2/q+1. The van der Waals surface area contributed by atoms with Gasteiger partial charge in [0.1, 0.15) is 6.54 Å². The summed E-state index contributed by atoms with van der Waals surface area (Å²) in [5.41, 5.74) is 6.54. The van der Waals surface area contributed by atoms with Gasteiger partial charge in [-0.25, -0.2) is 19.6 Å². The lowest BCUT2D eigenvalue weighted by molar-refractivity contribution is -0.752. The maximum absolute atomic E-state index is 12.9. The van der Waals surface area contributed by atoms with E-state index in [1.807, 2.05) is 0 Å². The second kappa shape index (κ2) is 5.75. The maximum atomic E-state index is 12.9. The zero-order valence-corrected chi connectivity index (χ0v) is 12.1. The van der Waals surface area contributed by atoms with Crippen molar-refractivity contribution in [2.75, 3.05) is 13.1 Å². The predicted molar refractivity (Wildman–Crippen MR) is 79.7 cm³/mol. The van der Waals surface area contributed by atoms with Crippen molar-refractivity contribution in [2.45, 2.75) is 12.5 Å². The zero-order chi connectivity index (χ0) is 15.6. The third-order valence-electron chi connectivity index (χ3n) is 3.97. The van der Waals surface area contributed by atoms with Gasteiger partial charge < -0.3 is 5.73 Å². The number of aromatic nitrogens is 2. The van der Waals surface area contributed by atoms with Gasteiger partial charge in [-0.3, -0.25) is 0 Å². The average Bonchev–Trinajstić information content (AvgIpc) is 2.98. The van der Waals surface area contributed by atoms with E-state index in [0.717, 1.165) is 0 Å². The molecule has 3 rings (SSSR count). The van der Waals surface area contributed by atoms with Crippen molar-refractivity contribution in [2.24, 2.45) is 5.73 Å². The summed E-state index contributed by atoms with van der Waals surface area (Å²) in [5.74, 6) is -0.631. The fourth-order valence-corrected chi connectivity index (χ4v) is 2.85. The Balaban J connectivity index is 2.03. The van der Waals surface area contributed by atoms with Gasteiger partial charge in [0, 0.05) is 18.8 Å². The van der Waals surface area contributed by atoms with Crippen LogP contribution in [-0.4, -0.2) is 45.4 Å². The van der Waals surface area contributed by atoms with E-state index in [2.05, 4.69) is 9.97 Å². The molecule has 0 aromatic carbocycles. The molecule has 1 fully saturated rings. The molecule has 3 heterocycles. The molecule has 1 unspecified atom stereocenters. The molecular weight excluding hydrogens is 280 g/mol. The van der Waals surface area contributed by atoms with E-state index in [-0.39, 0.29) is 40.3 Å². The van der Waals surface area contributed by atoms with Crippen molar-refractivity contribution in [1.29, 1.82) is 0 Å². The SMILES string of the molecule is NC1CC[N+](C(=O)c2ccccn2)(C(=O)c2ccccn2)C1. The Morgan fingerprint density at radius 3 is 1.91 bits per heavy atom. The van der Waals surface area contributed by atoms with E-state index in [9.17, 15) is 9.59 Å². The number of imide groups is 1. The first-order chi connectivity index (χ1) is 10.6. The van der Waals surface area contributed by atoms with Crippen molar-refractivity contribution < 1.29 is 14.1 Å². The molecule has 0 radical (unpaired) electrons. The first kappa shape index (κ1) is 14.5. The summed E-state index contributed by atoms with van der Waals surface area (Å²) < 4.78 is -0.338. The van der Waals surface area contributed by atoms with Gasteiger partial charge >= 0.3 is 11.8 Å². The fourth-order valence-electron chi connectivity index (χ4n) is 2.85. The van der Waals surface area contributed by atoms with Crippen LogP contribution in [0.5, 0.6) is 0 Å². The molecule has 2 N–H and O–H groups in total. The average molecular weight is 297 g/mol. The van der Waals surface area contributed by atoms with E-state index >= 15 is 0 Å². The number of nitrogens with two attached hydrogens (primary N) is 1. The van der Waals surface area contributed by atoms with Gasteiger partial charge in [0.2, 0.25) is 0 Å². The molecule has 0 bridgehead atoms. The van der Waals surface area contributed by atoms with Crippen LogP contribution in [-0.2, 0) is 0 Å². The highest BCUT2D eigenvalue weighted by molar-refractivity contribution is 6.00. The van der Waals surface area contributed by atoms with Crippen LogP contribution in [0.4, 0.5) is 0 Å². The van der Waals surface area contributed by atoms with Crippen LogP contribution < -0.4 is 5.73 Å². The van der Waals surface area contributed by atoms with Crippen molar-refractivity contribution >= 4 is 11.8 Å². The summed E-state index contributed by atoms with van der Waals surface area (Å²) in [6.45, 7) is 0.663. The molecule has 112 valence electrons. The first-order valence-corrected chi connectivity index (χ1v) is 7.18. The van der Waals surface area contributed by atoms with Gasteiger partial charge in [-0.1, -0.05) is 12.1 Å². The van der Waals surface area contributed by atoms with Gasteiger partial charge in [-0.15, -0.1) is 0 Å². The van der Waals surface area contributed by atoms with Crippen LogP contribution in [0.2, 0.25) is 0 Å². The summed E-state index contributed by atoms with van der Waals surface area (Å²) in [7, 11) is 0. The van der Waals surface area contributed by atoms with Crippen LogP contribution in [0.3, 0.4) is 0 Å². The lowest BCUT2D eigenvalue weighted by Gasteiger charge is -2.27. The highest BCUT2D eigenvalue weighted by atomic mass is 16.2. The first-order valence-electron chi connectivity index (χ1n) is 7.18. The van der Waals surface area contributed by atoms with Crippen molar-refractivity contribution in [3.8, 4) is 0 Å². The number of amides is 2. The van der Waals surface area contributed by atoms with E-state index in [1.54, 1.807) is 48.8 Å². The number of rotatable bonds is 2. The number of hydrogen-bond donors (Lipinski definition) is 1. The molecule has 6 nitrogen and oxygen atoms in total. The maximum Gasteiger partial charge on any atom is 0.372 e. The second-order valence-corrected chi connectivity index (χ2v) is 5.46. The van der Waals surface area contributed by atoms with Crippen LogP contribution in [0.25, 0.3) is 0 Å². The number of hydrogen-bond acceptors (Lipinski definition) is 5. The number of quaternary nitrogens is 1. The quantitative estimate of drug-likeness (QED) is 0.660. The smallest absolute Gasteiger partial charge is 0.323 e. The monoisotopic (exact) mass is 297 g/mol. The molecule has 2 aromatic heterocycles. The minimum atomic E-state index is -0.338. The van der Waals surface area contributed by atoms with Crippen LogP contribution in [0, 0.1) is 0 Å².